The molecule has 21 heavy (non-hydrogen) atoms. The van der Waals surface area contributed by atoms with Crippen LogP contribution in [0.5, 0.6) is 0 Å². The lowest BCUT2D eigenvalue weighted by molar-refractivity contribution is -0.113. The molecule has 0 saturated heterocycles. The van der Waals surface area contributed by atoms with Gasteiger partial charge in [0, 0.05) is 10.6 Å². The van der Waals surface area contributed by atoms with E-state index in [1.807, 2.05) is 6.92 Å². The van der Waals surface area contributed by atoms with E-state index in [-0.39, 0.29) is 9.92 Å². The van der Waals surface area contributed by atoms with Crippen molar-refractivity contribution in [2.45, 2.75) is 17.9 Å². The minimum Gasteiger partial charge on any atom is -0.300 e. The molecule has 110 valence electrons. The Morgan fingerprint density at radius 2 is 1.71 bits per heavy atom. The second-order valence-corrected chi connectivity index (χ2v) is 6.42. The van der Waals surface area contributed by atoms with Gasteiger partial charge in [-0.3, -0.25) is 4.18 Å². The van der Waals surface area contributed by atoms with E-state index >= 15 is 0 Å². The van der Waals surface area contributed by atoms with Crippen molar-refractivity contribution >= 4 is 28.0 Å². The van der Waals surface area contributed by atoms with Gasteiger partial charge in [0.15, 0.2) is 12.4 Å². The normalized spacial score (nSPS) is 12.9. The third-order valence-electron chi connectivity index (χ3n) is 2.88. The average Bonchev–Trinajstić information content (AvgIpc) is 2.46. The third kappa shape index (κ3) is 3.69. The highest BCUT2D eigenvalue weighted by atomic mass is 35.5. The Labute approximate surface area is 128 Å². The first-order valence-electron chi connectivity index (χ1n) is 6.14. The van der Waals surface area contributed by atoms with Gasteiger partial charge in [-0.2, -0.15) is 8.42 Å². The highest BCUT2D eigenvalue weighted by Gasteiger charge is 2.24. The summed E-state index contributed by atoms with van der Waals surface area (Å²) in [7, 11) is -4.04. The SMILES string of the molecule is Cc1ccc(S(=O)(=O)OC(C=O)c2ccccc2Cl)cc1. The first-order valence-corrected chi connectivity index (χ1v) is 7.92. The van der Waals surface area contributed by atoms with Crippen LogP contribution in [-0.2, 0) is 19.1 Å². The van der Waals surface area contributed by atoms with Crippen molar-refractivity contribution in [2.24, 2.45) is 0 Å². The minimum atomic E-state index is -4.04. The van der Waals surface area contributed by atoms with Gasteiger partial charge in [-0.15, -0.1) is 0 Å². The van der Waals surface area contributed by atoms with Gasteiger partial charge >= 0.3 is 0 Å². The van der Waals surface area contributed by atoms with Crippen molar-refractivity contribution in [2.75, 3.05) is 0 Å². The molecule has 0 spiro atoms. The second kappa shape index (κ2) is 6.39. The summed E-state index contributed by atoms with van der Waals surface area (Å²) in [6.45, 7) is 1.84. The number of rotatable bonds is 5. The van der Waals surface area contributed by atoms with Crippen LogP contribution in [0.25, 0.3) is 0 Å². The summed E-state index contributed by atoms with van der Waals surface area (Å²) in [5.41, 5.74) is 1.23. The van der Waals surface area contributed by atoms with Crippen molar-refractivity contribution in [3.63, 3.8) is 0 Å². The summed E-state index contributed by atoms with van der Waals surface area (Å²) in [4.78, 5) is 11.2. The van der Waals surface area contributed by atoms with Crippen LogP contribution in [0.3, 0.4) is 0 Å². The summed E-state index contributed by atoms with van der Waals surface area (Å²) in [5.74, 6) is 0. The van der Waals surface area contributed by atoms with E-state index in [0.29, 0.717) is 11.8 Å². The highest BCUT2D eigenvalue weighted by molar-refractivity contribution is 7.86. The fourth-order valence-corrected chi connectivity index (χ4v) is 3.00. The van der Waals surface area contributed by atoms with E-state index < -0.39 is 16.2 Å². The van der Waals surface area contributed by atoms with E-state index in [0.717, 1.165) is 5.56 Å². The number of hydrogen-bond donors (Lipinski definition) is 0. The average molecular weight is 325 g/mol. The van der Waals surface area contributed by atoms with Crippen LogP contribution in [0.2, 0.25) is 5.02 Å². The molecule has 0 aromatic heterocycles. The van der Waals surface area contributed by atoms with Gasteiger partial charge in [-0.25, -0.2) is 0 Å². The largest absolute Gasteiger partial charge is 0.300 e. The van der Waals surface area contributed by atoms with E-state index in [1.165, 1.54) is 12.1 Å². The fraction of sp³-hybridized carbons (Fsp3) is 0.133. The van der Waals surface area contributed by atoms with Gasteiger partial charge < -0.3 is 4.79 Å². The maximum absolute atomic E-state index is 12.2. The summed E-state index contributed by atoms with van der Waals surface area (Å²) in [5, 5.41) is 0.272. The molecule has 0 aliphatic carbocycles. The molecule has 0 fully saturated rings. The highest BCUT2D eigenvalue weighted by Crippen LogP contribution is 2.27. The molecule has 0 amide bonds. The van der Waals surface area contributed by atoms with E-state index in [1.54, 1.807) is 36.4 Å². The van der Waals surface area contributed by atoms with Crippen LogP contribution < -0.4 is 0 Å². The Kier molecular flexibility index (Phi) is 4.77. The Hall–Kier alpha value is -1.69. The molecule has 6 heteroatoms. The minimum absolute atomic E-state index is 0.00740. The predicted octanol–water partition coefficient (Wildman–Crippen LogP) is 3.29. The van der Waals surface area contributed by atoms with Crippen LogP contribution in [0, 0.1) is 6.92 Å². The maximum atomic E-state index is 12.2. The van der Waals surface area contributed by atoms with Gasteiger partial charge in [-0.05, 0) is 25.1 Å². The number of carbonyl (C=O) groups excluding carboxylic acids is 1. The zero-order chi connectivity index (χ0) is 15.5. The Balaban J connectivity index is 2.32. The van der Waals surface area contributed by atoms with E-state index in [2.05, 4.69) is 0 Å². The number of benzene rings is 2. The molecular weight excluding hydrogens is 312 g/mol. The number of aryl methyl sites for hydroxylation is 1. The fourth-order valence-electron chi connectivity index (χ4n) is 1.75. The molecule has 0 radical (unpaired) electrons. The van der Waals surface area contributed by atoms with Crippen LogP contribution in [0.15, 0.2) is 53.4 Å². The van der Waals surface area contributed by atoms with Gasteiger partial charge in [0.1, 0.15) is 0 Å². The van der Waals surface area contributed by atoms with Crippen molar-refractivity contribution in [1.82, 2.24) is 0 Å². The molecule has 0 aliphatic heterocycles. The summed E-state index contributed by atoms with van der Waals surface area (Å²) >= 11 is 5.96. The second-order valence-electron chi connectivity index (χ2n) is 4.44. The molecule has 0 aliphatic rings. The van der Waals surface area contributed by atoms with E-state index in [9.17, 15) is 13.2 Å². The number of aldehydes is 1. The molecule has 2 aromatic carbocycles. The van der Waals surface area contributed by atoms with Crippen molar-refractivity contribution in [1.29, 1.82) is 0 Å². The topological polar surface area (TPSA) is 60.4 Å². The Morgan fingerprint density at radius 3 is 2.29 bits per heavy atom. The van der Waals surface area contributed by atoms with Crippen molar-refractivity contribution in [3.05, 3.63) is 64.7 Å². The lowest BCUT2D eigenvalue weighted by Gasteiger charge is -2.13. The molecule has 1 unspecified atom stereocenters. The van der Waals surface area contributed by atoms with Crippen molar-refractivity contribution in [3.8, 4) is 0 Å². The molecule has 0 saturated carbocycles. The summed E-state index contributed by atoms with van der Waals surface area (Å²) < 4.78 is 29.3. The first kappa shape index (κ1) is 15.7. The van der Waals surface area contributed by atoms with Gasteiger partial charge in [0.25, 0.3) is 10.1 Å². The molecule has 4 nitrogen and oxygen atoms in total. The van der Waals surface area contributed by atoms with E-state index in [4.69, 9.17) is 15.8 Å². The Bertz CT molecular complexity index is 739. The maximum Gasteiger partial charge on any atom is 0.297 e. The molecule has 0 N–H and O–H groups in total. The quantitative estimate of drug-likeness (QED) is 0.625. The molecular formula is C15H13ClO4S. The van der Waals surface area contributed by atoms with Crippen molar-refractivity contribution < 1.29 is 17.4 Å². The molecule has 0 bridgehead atoms. The summed E-state index contributed by atoms with van der Waals surface area (Å²) in [6.07, 6.45) is -0.863. The zero-order valence-corrected chi connectivity index (χ0v) is 12.8. The number of halogens is 1. The standard InChI is InChI=1S/C15H13ClO4S/c1-11-6-8-12(9-7-11)21(18,19)20-15(10-17)13-4-2-3-5-14(13)16/h2-10,15H,1H3. The first-order chi connectivity index (χ1) is 9.94. The van der Waals surface area contributed by atoms with Crippen LogP contribution in [0.1, 0.15) is 17.2 Å². The molecule has 2 aromatic rings. The van der Waals surface area contributed by atoms with Crippen LogP contribution >= 0.6 is 11.6 Å². The number of hydrogen-bond acceptors (Lipinski definition) is 4. The molecule has 0 heterocycles. The lowest BCUT2D eigenvalue weighted by Crippen LogP contribution is -2.14. The monoisotopic (exact) mass is 324 g/mol. The molecule has 1 atom stereocenters. The molecule has 2 rings (SSSR count). The zero-order valence-electron chi connectivity index (χ0n) is 11.2. The predicted molar refractivity (Wildman–Crippen MR) is 79.7 cm³/mol. The van der Waals surface area contributed by atoms with Gasteiger partial charge in [-0.1, -0.05) is 47.5 Å². The lowest BCUT2D eigenvalue weighted by atomic mass is 10.1. The van der Waals surface area contributed by atoms with Gasteiger partial charge in [0.2, 0.25) is 0 Å². The Morgan fingerprint density at radius 1 is 1.10 bits per heavy atom. The van der Waals surface area contributed by atoms with Crippen LogP contribution in [0.4, 0.5) is 0 Å². The third-order valence-corrected chi connectivity index (χ3v) is 4.53. The van der Waals surface area contributed by atoms with Crippen LogP contribution in [-0.4, -0.2) is 14.7 Å². The van der Waals surface area contributed by atoms with Gasteiger partial charge in [0.05, 0.1) is 4.90 Å². The smallest absolute Gasteiger partial charge is 0.297 e. The number of carbonyl (C=O) groups is 1. The summed E-state index contributed by atoms with van der Waals surface area (Å²) in [6, 6.07) is 12.6.